The van der Waals surface area contributed by atoms with Crippen molar-refractivity contribution in [2.45, 2.75) is 52.2 Å². The normalized spacial score (nSPS) is 24.2. The third-order valence-corrected chi connectivity index (χ3v) is 5.15. The third kappa shape index (κ3) is 3.15. The minimum Gasteiger partial charge on any atom is -0.394 e. The summed E-state index contributed by atoms with van der Waals surface area (Å²) in [6, 6.07) is 0.764. The Morgan fingerprint density at radius 1 is 1.19 bits per heavy atom. The van der Waals surface area contributed by atoms with Crippen LogP contribution in [0.4, 0.5) is 0 Å². The average molecular weight is 292 g/mol. The fourth-order valence-electron chi connectivity index (χ4n) is 3.86. The molecule has 2 aliphatic heterocycles. The first-order valence-corrected chi connectivity index (χ1v) is 8.29. The van der Waals surface area contributed by atoms with Crippen molar-refractivity contribution in [1.29, 1.82) is 0 Å². The van der Waals surface area contributed by atoms with Crippen LogP contribution in [-0.4, -0.2) is 63.5 Å². The number of hydrogen-bond donors (Lipinski definition) is 1. The minimum atomic E-state index is 0.155. The molecule has 0 saturated carbocycles. The van der Waals surface area contributed by atoms with Crippen LogP contribution in [0.15, 0.2) is 0 Å². The van der Waals surface area contributed by atoms with Gasteiger partial charge in [-0.25, -0.2) is 0 Å². The second kappa shape index (κ2) is 6.46. The Morgan fingerprint density at radius 2 is 2.05 bits per heavy atom. The average Bonchev–Trinajstić information content (AvgIpc) is 2.75. The van der Waals surface area contributed by atoms with Gasteiger partial charge in [-0.3, -0.25) is 14.5 Å². The van der Waals surface area contributed by atoms with Gasteiger partial charge < -0.3 is 5.11 Å². The first-order valence-electron chi connectivity index (χ1n) is 8.29. The number of aliphatic hydroxyl groups is 1. The molecule has 2 aliphatic rings. The molecule has 0 amide bonds. The molecule has 3 rings (SSSR count). The van der Waals surface area contributed by atoms with Crippen molar-refractivity contribution < 1.29 is 5.11 Å². The number of hydrogen-bond acceptors (Lipinski definition) is 4. The lowest BCUT2D eigenvalue weighted by atomic mass is 9.99. The van der Waals surface area contributed by atoms with E-state index in [4.69, 9.17) is 5.11 Å². The maximum atomic E-state index is 9.12. The molecule has 5 nitrogen and oxygen atoms in total. The monoisotopic (exact) mass is 292 g/mol. The fourth-order valence-corrected chi connectivity index (χ4v) is 3.86. The van der Waals surface area contributed by atoms with Gasteiger partial charge in [0.15, 0.2) is 0 Å². The quantitative estimate of drug-likeness (QED) is 0.904. The van der Waals surface area contributed by atoms with Gasteiger partial charge in [-0.05, 0) is 33.2 Å². The van der Waals surface area contributed by atoms with Crippen LogP contribution < -0.4 is 0 Å². The van der Waals surface area contributed by atoms with Gasteiger partial charge in [-0.2, -0.15) is 5.10 Å². The van der Waals surface area contributed by atoms with Crippen LogP contribution in [0, 0.1) is 13.8 Å². The zero-order valence-electron chi connectivity index (χ0n) is 13.4. The van der Waals surface area contributed by atoms with Gasteiger partial charge in [-0.1, -0.05) is 6.42 Å². The summed E-state index contributed by atoms with van der Waals surface area (Å²) >= 11 is 0. The highest BCUT2D eigenvalue weighted by molar-refractivity contribution is 5.24. The molecular formula is C16H28N4O. The zero-order chi connectivity index (χ0) is 14.8. The summed E-state index contributed by atoms with van der Waals surface area (Å²) in [5.74, 6) is 0. The summed E-state index contributed by atoms with van der Waals surface area (Å²) in [5.41, 5.74) is 3.69. The third-order valence-electron chi connectivity index (χ3n) is 5.15. The number of aliphatic hydroxyl groups excluding tert-OH is 1. The van der Waals surface area contributed by atoms with E-state index >= 15 is 0 Å². The number of fused-ring (bicyclic) bond motifs is 1. The lowest BCUT2D eigenvalue weighted by Crippen LogP contribution is -2.54. The molecule has 3 heterocycles. The van der Waals surface area contributed by atoms with Crippen molar-refractivity contribution in [3.63, 3.8) is 0 Å². The van der Waals surface area contributed by atoms with Crippen molar-refractivity contribution >= 4 is 0 Å². The Balaban J connectivity index is 1.66. The molecule has 0 aliphatic carbocycles. The Hall–Kier alpha value is -0.910. The van der Waals surface area contributed by atoms with Crippen LogP contribution in [0.25, 0.3) is 0 Å². The van der Waals surface area contributed by atoms with Crippen LogP contribution in [0.1, 0.15) is 36.2 Å². The topological polar surface area (TPSA) is 44.5 Å². The van der Waals surface area contributed by atoms with Crippen molar-refractivity contribution in [2.75, 3.05) is 32.8 Å². The number of piperidine rings is 1. The van der Waals surface area contributed by atoms with E-state index in [-0.39, 0.29) is 6.61 Å². The zero-order valence-corrected chi connectivity index (χ0v) is 13.4. The summed E-state index contributed by atoms with van der Waals surface area (Å²) in [6.07, 6.45) is 4.13. The van der Waals surface area contributed by atoms with Crippen molar-refractivity contribution in [2.24, 2.45) is 0 Å². The number of rotatable bonds is 4. The predicted molar refractivity (Wildman–Crippen MR) is 83.3 cm³/mol. The second-order valence-electron chi connectivity index (χ2n) is 6.52. The highest BCUT2D eigenvalue weighted by atomic mass is 16.3. The molecule has 1 unspecified atom stereocenters. The lowest BCUT2D eigenvalue weighted by Gasteiger charge is -2.44. The molecule has 2 saturated heterocycles. The number of aromatic nitrogens is 2. The van der Waals surface area contributed by atoms with Gasteiger partial charge >= 0.3 is 0 Å². The molecule has 1 aromatic heterocycles. The van der Waals surface area contributed by atoms with Gasteiger partial charge in [0.05, 0.1) is 18.8 Å². The van der Waals surface area contributed by atoms with E-state index in [2.05, 4.69) is 28.7 Å². The Labute approximate surface area is 127 Å². The van der Waals surface area contributed by atoms with E-state index in [1.54, 1.807) is 0 Å². The standard InChI is InChI=1S/C16H28N4O/c1-13-16(14(2)20(17-13)9-10-21)12-18-7-8-19-6-4-3-5-15(19)11-18/h15,21H,3-12H2,1-2H3. The maximum absolute atomic E-state index is 9.12. The van der Waals surface area contributed by atoms with Gasteiger partial charge in [0.25, 0.3) is 0 Å². The summed E-state index contributed by atoms with van der Waals surface area (Å²) in [4.78, 5) is 5.27. The van der Waals surface area contributed by atoms with Crippen LogP contribution in [0.5, 0.6) is 0 Å². The largest absolute Gasteiger partial charge is 0.394 e. The molecule has 0 aromatic carbocycles. The Kier molecular flexibility index (Phi) is 4.62. The molecule has 2 fully saturated rings. The molecule has 0 radical (unpaired) electrons. The van der Waals surface area contributed by atoms with Crippen LogP contribution in [-0.2, 0) is 13.1 Å². The molecule has 118 valence electrons. The SMILES string of the molecule is Cc1nn(CCO)c(C)c1CN1CCN2CCCCC2C1. The van der Waals surface area contributed by atoms with Crippen LogP contribution in [0.3, 0.4) is 0 Å². The van der Waals surface area contributed by atoms with Gasteiger partial charge in [0.1, 0.15) is 0 Å². The molecule has 1 aromatic rings. The smallest absolute Gasteiger partial charge is 0.0644 e. The van der Waals surface area contributed by atoms with E-state index in [0.29, 0.717) is 6.54 Å². The van der Waals surface area contributed by atoms with Gasteiger partial charge in [-0.15, -0.1) is 0 Å². The van der Waals surface area contributed by atoms with E-state index in [1.807, 2.05) is 4.68 Å². The molecule has 1 atom stereocenters. The minimum absolute atomic E-state index is 0.155. The van der Waals surface area contributed by atoms with Crippen LogP contribution >= 0.6 is 0 Å². The first kappa shape index (κ1) is 15.0. The highest BCUT2D eigenvalue weighted by Gasteiger charge is 2.29. The summed E-state index contributed by atoms with van der Waals surface area (Å²) in [7, 11) is 0. The van der Waals surface area contributed by atoms with E-state index in [9.17, 15) is 0 Å². The van der Waals surface area contributed by atoms with Crippen LogP contribution in [0.2, 0.25) is 0 Å². The number of nitrogens with zero attached hydrogens (tertiary/aromatic N) is 4. The first-order chi connectivity index (χ1) is 10.2. The molecule has 0 bridgehead atoms. The highest BCUT2D eigenvalue weighted by Crippen LogP contribution is 2.23. The summed E-state index contributed by atoms with van der Waals surface area (Å²) < 4.78 is 1.95. The molecule has 5 heteroatoms. The van der Waals surface area contributed by atoms with Crippen molar-refractivity contribution in [3.05, 3.63) is 17.0 Å². The summed E-state index contributed by atoms with van der Waals surface area (Å²) in [6.45, 7) is 10.9. The van der Waals surface area contributed by atoms with Crippen molar-refractivity contribution in [3.8, 4) is 0 Å². The lowest BCUT2D eigenvalue weighted by molar-refractivity contribution is 0.0455. The maximum Gasteiger partial charge on any atom is 0.0644 e. The Bertz CT molecular complexity index is 485. The number of aryl methyl sites for hydroxylation is 1. The van der Waals surface area contributed by atoms with E-state index in [1.165, 1.54) is 56.7 Å². The summed E-state index contributed by atoms with van der Waals surface area (Å²) in [5, 5.41) is 13.7. The molecular weight excluding hydrogens is 264 g/mol. The molecule has 1 N–H and O–H groups in total. The molecule has 21 heavy (non-hydrogen) atoms. The fraction of sp³-hybridized carbons (Fsp3) is 0.812. The Morgan fingerprint density at radius 3 is 2.86 bits per heavy atom. The second-order valence-corrected chi connectivity index (χ2v) is 6.52. The van der Waals surface area contributed by atoms with Gasteiger partial charge in [0.2, 0.25) is 0 Å². The van der Waals surface area contributed by atoms with E-state index < -0.39 is 0 Å². The van der Waals surface area contributed by atoms with E-state index in [0.717, 1.165) is 18.3 Å². The predicted octanol–water partition coefficient (Wildman–Crippen LogP) is 1.16. The number of piperazine rings is 1. The van der Waals surface area contributed by atoms with Gasteiger partial charge in [0, 0.05) is 43.5 Å². The molecule has 0 spiro atoms. The van der Waals surface area contributed by atoms with Crippen molar-refractivity contribution in [1.82, 2.24) is 19.6 Å².